The van der Waals surface area contributed by atoms with Crippen molar-refractivity contribution >= 4 is 41.0 Å². The van der Waals surface area contributed by atoms with Crippen molar-refractivity contribution in [3.63, 3.8) is 0 Å². The Hall–Kier alpha value is -1.84. The molecule has 0 fully saturated rings. The summed E-state index contributed by atoms with van der Waals surface area (Å²) in [7, 11) is 0. The summed E-state index contributed by atoms with van der Waals surface area (Å²) in [6.07, 6.45) is 4.67. The van der Waals surface area contributed by atoms with Crippen LogP contribution in [0.2, 0.25) is 10.0 Å². The molecule has 0 radical (unpaired) electrons. The van der Waals surface area contributed by atoms with E-state index in [0.717, 1.165) is 5.56 Å². The molecule has 5 heteroatoms. The lowest BCUT2D eigenvalue weighted by Crippen LogP contribution is -2.08. The Bertz CT molecular complexity index is 612. The van der Waals surface area contributed by atoms with E-state index in [4.69, 9.17) is 23.2 Å². The standard InChI is InChI=1S/C14H10Cl2N2O/c15-11-6-4-10(9-12(11)16)5-7-14(19)18-13-3-1-2-8-17-13/h1-9H,(H,17,18,19). The lowest BCUT2D eigenvalue weighted by molar-refractivity contribution is -0.111. The Morgan fingerprint density at radius 2 is 2.00 bits per heavy atom. The van der Waals surface area contributed by atoms with Crippen LogP contribution in [0.4, 0.5) is 5.82 Å². The van der Waals surface area contributed by atoms with E-state index in [2.05, 4.69) is 10.3 Å². The smallest absolute Gasteiger partial charge is 0.249 e. The zero-order valence-corrected chi connectivity index (χ0v) is 11.3. The summed E-state index contributed by atoms with van der Waals surface area (Å²) in [5.74, 6) is 0.246. The van der Waals surface area contributed by atoms with Gasteiger partial charge in [0.2, 0.25) is 5.91 Å². The molecule has 1 N–H and O–H groups in total. The number of amides is 1. The number of pyridine rings is 1. The maximum Gasteiger partial charge on any atom is 0.249 e. The first kappa shape index (κ1) is 13.6. The number of anilines is 1. The molecule has 0 aliphatic carbocycles. The molecule has 96 valence electrons. The normalized spacial score (nSPS) is 10.6. The number of nitrogens with zero attached hydrogens (tertiary/aromatic N) is 1. The van der Waals surface area contributed by atoms with Gasteiger partial charge in [-0.25, -0.2) is 4.98 Å². The minimum absolute atomic E-state index is 0.259. The van der Waals surface area contributed by atoms with Crippen molar-refractivity contribution in [3.8, 4) is 0 Å². The summed E-state index contributed by atoms with van der Waals surface area (Å²) in [5, 5.41) is 3.58. The van der Waals surface area contributed by atoms with Gasteiger partial charge in [-0.15, -0.1) is 0 Å². The first-order valence-corrected chi connectivity index (χ1v) is 6.26. The number of hydrogen-bond acceptors (Lipinski definition) is 2. The van der Waals surface area contributed by atoms with E-state index < -0.39 is 0 Å². The maximum absolute atomic E-state index is 11.6. The summed E-state index contributed by atoms with van der Waals surface area (Å²) in [4.78, 5) is 15.6. The zero-order chi connectivity index (χ0) is 13.7. The third-order valence-corrected chi connectivity index (χ3v) is 3.03. The topological polar surface area (TPSA) is 42.0 Å². The second kappa shape index (κ2) is 6.36. The van der Waals surface area contributed by atoms with Gasteiger partial charge in [-0.05, 0) is 35.9 Å². The molecule has 2 aromatic rings. The van der Waals surface area contributed by atoms with Gasteiger partial charge in [0.05, 0.1) is 10.0 Å². The summed E-state index contributed by atoms with van der Waals surface area (Å²) in [5.41, 5.74) is 0.797. The van der Waals surface area contributed by atoms with Crippen molar-refractivity contribution < 1.29 is 4.79 Å². The number of benzene rings is 1. The second-order valence-electron chi connectivity index (χ2n) is 3.71. The molecule has 1 aromatic carbocycles. The Kier molecular flexibility index (Phi) is 4.55. The lowest BCUT2D eigenvalue weighted by Gasteiger charge is -2.00. The average Bonchev–Trinajstić information content (AvgIpc) is 2.41. The van der Waals surface area contributed by atoms with Crippen LogP contribution in [-0.4, -0.2) is 10.9 Å². The fourth-order valence-electron chi connectivity index (χ4n) is 1.39. The number of nitrogens with one attached hydrogen (secondary N) is 1. The highest BCUT2D eigenvalue weighted by Gasteiger charge is 1.99. The molecule has 1 aromatic heterocycles. The molecule has 0 saturated carbocycles. The minimum atomic E-state index is -0.259. The molecule has 19 heavy (non-hydrogen) atoms. The Morgan fingerprint density at radius 1 is 1.16 bits per heavy atom. The largest absolute Gasteiger partial charge is 0.307 e. The number of aromatic nitrogens is 1. The molecule has 0 unspecified atom stereocenters. The van der Waals surface area contributed by atoms with E-state index >= 15 is 0 Å². The molecular weight excluding hydrogens is 283 g/mol. The van der Waals surface area contributed by atoms with Crippen LogP contribution in [0.1, 0.15) is 5.56 Å². The van der Waals surface area contributed by atoms with Gasteiger partial charge in [-0.3, -0.25) is 4.79 Å². The van der Waals surface area contributed by atoms with E-state index in [-0.39, 0.29) is 5.91 Å². The Balaban J connectivity index is 2.02. The molecule has 0 spiro atoms. The van der Waals surface area contributed by atoms with E-state index in [1.54, 1.807) is 48.7 Å². The third kappa shape index (κ3) is 4.09. The Labute approximate surface area is 120 Å². The van der Waals surface area contributed by atoms with Crippen LogP contribution in [0, 0.1) is 0 Å². The molecule has 1 heterocycles. The highest BCUT2D eigenvalue weighted by molar-refractivity contribution is 6.42. The van der Waals surface area contributed by atoms with Gasteiger partial charge in [0.25, 0.3) is 0 Å². The molecule has 0 atom stereocenters. The van der Waals surface area contributed by atoms with E-state index in [1.165, 1.54) is 6.08 Å². The van der Waals surface area contributed by atoms with Gasteiger partial charge in [0.1, 0.15) is 5.82 Å². The molecule has 0 bridgehead atoms. The average molecular weight is 293 g/mol. The maximum atomic E-state index is 11.6. The predicted molar refractivity (Wildman–Crippen MR) is 78.4 cm³/mol. The number of rotatable bonds is 3. The van der Waals surface area contributed by atoms with Crippen LogP contribution in [0.5, 0.6) is 0 Å². The number of hydrogen-bond donors (Lipinski definition) is 1. The predicted octanol–water partition coefficient (Wildman–Crippen LogP) is 4.04. The quantitative estimate of drug-likeness (QED) is 0.868. The van der Waals surface area contributed by atoms with Crippen molar-refractivity contribution in [2.75, 3.05) is 5.32 Å². The zero-order valence-electron chi connectivity index (χ0n) is 9.81. The number of carbonyl (C=O) groups is 1. The van der Waals surface area contributed by atoms with Gasteiger partial charge in [0.15, 0.2) is 0 Å². The van der Waals surface area contributed by atoms with E-state index in [9.17, 15) is 4.79 Å². The fraction of sp³-hybridized carbons (Fsp3) is 0. The highest BCUT2D eigenvalue weighted by Crippen LogP contribution is 2.23. The number of halogens is 2. The third-order valence-electron chi connectivity index (χ3n) is 2.29. The van der Waals surface area contributed by atoms with Crippen molar-refractivity contribution in [2.24, 2.45) is 0 Å². The van der Waals surface area contributed by atoms with E-state index in [0.29, 0.717) is 15.9 Å². The van der Waals surface area contributed by atoms with Crippen molar-refractivity contribution in [2.45, 2.75) is 0 Å². The van der Waals surface area contributed by atoms with Gasteiger partial charge in [0, 0.05) is 12.3 Å². The van der Waals surface area contributed by atoms with Crippen molar-refractivity contribution in [3.05, 3.63) is 64.3 Å². The Morgan fingerprint density at radius 3 is 2.68 bits per heavy atom. The second-order valence-corrected chi connectivity index (χ2v) is 4.53. The van der Waals surface area contributed by atoms with Gasteiger partial charge < -0.3 is 5.32 Å². The minimum Gasteiger partial charge on any atom is -0.307 e. The molecule has 0 aliphatic heterocycles. The lowest BCUT2D eigenvalue weighted by atomic mass is 10.2. The van der Waals surface area contributed by atoms with Crippen LogP contribution >= 0.6 is 23.2 Å². The molecule has 3 nitrogen and oxygen atoms in total. The van der Waals surface area contributed by atoms with Gasteiger partial charge in [-0.2, -0.15) is 0 Å². The first-order valence-electron chi connectivity index (χ1n) is 5.50. The van der Waals surface area contributed by atoms with Gasteiger partial charge >= 0.3 is 0 Å². The SMILES string of the molecule is O=C(C=Cc1ccc(Cl)c(Cl)c1)Nc1ccccn1. The van der Waals surface area contributed by atoms with Crippen LogP contribution < -0.4 is 5.32 Å². The molecule has 2 rings (SSSR count). The summed E-state index contributed by atoms with van der Waals surface area (Å²) >= 11 is 11.7. The monoisotopic (exact) mass is 292 g/mol. The summed E-state index contributed by atoms with van der Waals surface area (Å²) in [6.45, 7) is 0. The first-order chi connectivity index (χ1) is 9.15. The van der Waals surface area contributed by atoms with E-state index in [1.807, 2.05) is 0 Å². The fourth-order valence-corrected chi connectivity index (χ4v) is 1.70. The van der Waals surface area contributed by atoms with Crippen LogP contribution in [0.3, 0.4) is 0 Å². The molecular formula is C14H10Cl2N2O. The van der Waals surface area contributed by atoms with Crippen LogP contribution in [0.25, 0.3) is 6.08 Å². The summed E-state index contributed by atoms with van der Waals surface area (Å²) < 4.78 is 0. The molecule has 0 aliphatic rings. The highest BCUT2D eigenvalue weighted by atomic mass is 35.5. The van der Waals surface area contributed by atoms with Crippen LogP contribution in [-0.2, 0) is 4.79 Å². The number of carbonyl (C=O) groups excluding carboxylic acids is 1. The summed E-state index contributed by atoms with van der Waals surface area (Å²) in [6, 6.07) is 10.4. The van der Waals surface area contributed by atoms with Crippen LogP contribution in [0.15, 0.2) is 48.7 Å². The molecule has 0 saturated heterocycles. The van der Waals surface area contributed by atoms with Crippen molar-refractivity contribution in [1.29, 1.82) is 0 Å². The van der Waals surface area contributed by atoms with Crippen molar-refractivity contribution in [1.82, 2.24) is 4.98 Å². The molecule has 1 amide bonds. The van der Waals surface area contributed by atoms with Gasteiger partial charge in [-0.1, -0.05) is 35.3 Å².